The van der Waals surface area contributed by atoms with Gasteiger partial charge in [0.05, 0.1) is 4.90 Å². The number of aromatic nitrogens is 1. The molecule has 2 aromatic rings. The fraction of sp³-hybridized carbons (Fsp3) is 0.250. The standard InChI is InChI=1S/C12H14N2O2S2/c1-3-14-10(2)9-17-12(14)13-18(15,16)11-7-5-4-6-8-11/h4-9H,3H2,1-2H3/b13-12-. The van der Waals surface area contributed by atoms with Gasteiger partial charge in [0.2, 0.25) is 4.80 Å². The summed E-state index contributed by atoms with van der Waals surface area (Å²) in [6.45, 7) is 4.61. The van der Waals surface area contributed by atoms with Crippen molar-refractivity contribution in [1.82, 2.24) is 4.57 Å². The summed E-state index contributed by atoms with van der Waals surface area (Å²) in [5.74, 6) is 0. The van der Waals surface area contributed by atoms with Gasteiger partial charge in [-0.3, -0.25) is 0 Å². The molecule has 0 aliphatic heterocycles. The van der Waals surface area contributed by atoms with Crippen LogP contribution in [0.15, 0.2) is 45.0 Å². The van der Waals surface area contributed by atoms with E-state index in [1.807, 2.05) is 23.8 Å². The first-order valence-electron chi connectivity index (χ1n) is 5.55. The molecule has 0 aliphatic carbocycles. The molecule has 0 aliphatic rings. The second-order valence-corrected chi connectivity index (χ2v) is 6.22. The van der Waals surface area contributed by atoms with E-state index in [4.69, 9.17) is 0 Å². The Labute approximate surface area is 110 Å². The van der Waals surface area contributed by atoms with Gasteiger partial charge in [-0.25, -0.2) is 0 Å². The Morgan fingerprint density at radius 1 is 1.28 bits per heavy atom. The highest BCUT2D eigenvalue weighted by Crippen LogP contribution is 2.11. The fourth-order valence-electron chi connectivity index (χ4n) is 1.62. The molecule has 96 valence electrons. The lowest BCUT2D eigenvalue weighted by molar-refractivity contribution is 0.595. The molecule has 0 bridgehead atoms. The quantitative estimate of drug-likeness (QED) is 0.866. The van der Waals surface area contributed by atoms with Crippen molar-refractivity contribution in [3.63, 3.8) is 0 Å². The molecular weight excluding hydrogens is 268 g/mol. The van der Waals surface area contributed by atoms with Crippen LogP contribution in [-0.2, 0) is 16.6 Å². The van der Waals surface area contributed by atoms with E-state index < -0.39 is 10.0 Å². The SMILES string of the molecule is CCn1c(C)cs/c1=N\S(=O)(=O)c1ccccc1. The Kier molecular flexibility index (Phi) is 3.68. The predicted molar refractivity (Wildman–Crippen MR) is 71.9 cm³/mol. The lowest BCUT2D eigenvalue weighted by atomic mass is 10.4. The van der Waals surface area contributed by atoms with E-state index in [0.29, 0.717) is 11.3 Å². The second-order valence-electron chi connectivity index (χ2n) is 3.78. The van der Waals surface area contributed by atoms with Crippen LogP contribution >= 0.6 is 11.3 Å². The number of hydrogen-bond acceptors (Lipinski definition) is 3. The lowest BCUT2D eigenvalue weighted by Gasteiger charge is -2.01. The predicted octanol–water partition coefficient (Wildman–Crippen LogP) is 2.17. The largest absolute Gasteiger partial charge is 0.321 e. The summed E-state index contributed by atoms with van der Waals surface area (Å²) in [5.41, 5.74) is 1.02. The smallest absolute Gasteiger partial charge is 0.285 e. The fourth-order valence-corrected chi connectivity index (χ4v) is 3.80. The van der Waals surface area contributed by atoms with Gasteiger partial charge in [0.1, 0.15) is 0 Å². The van der Waals surface area contributed by atoms with E-state index in [9.17, 15) is 8.42 Å². The van der Waals surface area contributed by atoms with E-state index in [1.165, 1.54) is 11.3 Å². The Morgan fingerprint density at radius 3 is 2.56 bits per heavy atom. The maximum atomic E-state index is 12.1. The molecule has 1 aromatic carbocycles. The van der Waals surface area contributed by atoms with E-state index >= 15 is 0 Å². The molecule has 1 aromatic heterocycles. The maximum Gasteiger partial charge on any atom is 0.285 e. The summed E-state index contributed by atoms with van der Waals surface area (Å²) in [7, 11) is -3.62. The molecule has 1 heterocycles. The van der Waals surface area contributed by atoms with Crippen molar-refractivity contribution in [1.29, 1.82) is 0 Å². The summed E-state index contributed by atoms with van der Waals surface area (Å²) in [5, 5.41) is 1.91. The van der Waals surface area contributed by atoms with Crippen LogP contribution in [0, 0.1) is 6.92 Å². The number of benzene rings is 1. The van der Waals surface area contributed by atoms with Crippen molar-refractivity contribution in [3.8, 4) is 0 Å². The number of hydrogen-bond donors (Lipinski definition) is 0. The van der Waals surface area contributed by atoms with Gasteiger partial charge in [0.25, 0.3) is 10.0 Å². The first kappa shape index (κ1) is 13.0. The van der Waals surface area contributed by atoms with Crippen molar-refractivity contribution in [3.05, 3.63) is 46.2 Å². The van der Waals surface area contributed by atoms with Gasteiger partial charge in [-0.2, -0.15) is 8.42 Å². The minimum absolute atomic E-state index is 0.221. The molecule has 0 amide bonds. The third kappa shape index (κ3) is 2.54. The van der Waals surface area contributed by atoms with Crippen LogP contribution in [0.25, 0.3) is 0 Å². The minimum atomic E-state index is -3.62. The van der Waals surface area contributed by atoms with Crippen molar-refractivity contribution in [2.75, 3.05) is 0 Å². The molecule has 0 unspecified atom stereocenters. The number of sulfonamides is 1. The van der Waals surface area contributed by atoms with E-state index in [0.717, 1.165) is 5.69 Å². The number of nitrogens with zero attached hydrogens (tertiary/aromatic N) is 2. The van der Waals surface area contributed by atoms with Gasteiger partial charge >= 0.3 is 0 Å². The Balaban J connectivity index is 2.57. The molecular formula is C12H14N2O2S2. The maximum absolute atomic E-state index is 12.1. The highest BCUT2D eigenvalue weighted by Gasteiger charge is 2.12. The van der Waals surface area contributed by atoms with Crippen molar-refractivity contribution in [2.45, 2.75) is 25.3 Å². The number of thiazole rings is 1. The highest BCUT2D eigenvalue weighted by molar-refractivity contribution is 7.90. The minimum Gasteiger partial charge on any atom is -0.321 e. The highest BCUT2D eigenvalue weighted by atomic mass is 32.2. The normalized spacial score (nSPS) is 12.9. The Morgan fingerprint density at radius 2 is 1.94 bits per heavy atom. The van der Waals surface area contributed by atoms with E-state index in [1.54, 1.807) is 30.3 Å². The van der Waals surface area contributed by atoms with Crippen LogP contribution in [0.3, 0.4) is 0 Å². The van der Waals surface area contributed by atoms with E-state index in [-0.39, 0.29) is 4.90 Å². The molecule has 0 radical (unpaired) electrons. The Bertz CT molecular complexity index is 697. The van der Waals surface area contributed by atoms with Gasteiger partial charge in [0.15, 0.2) is 0 Å². The summed E-state index contributed by atoms with van der Waals surface area (Å²) >= 11 is 1.34. The van der Waals surface area contributed by atoms with Crippen molar-refractivity contribution < 1.29 is 8.42 Å². The van der Waals surface area contributed by atoms with Crippen LogP contribution in [0.5, 0.6) is 0 Å². The zero-order valence-electron chi connectivity index (χ0n) is 10.2. The van der Waals surface area contributed by atoms with Crippen molar-refractivity contribution in [2.24, 2.45) is 4.40 Å². The number of rotatable bonds is 3. The molecule has 0 atom stereocenters. The first-order chi connectivity index (χ1) is 8.54. The average molecular weight is 282 g/mol. The summed E-state index contributed by atoms with van der Waals surface area (Å²) in [4.78, 5) is 0.734. The van der Waals surface area contributed by atoms with Crippen LogP contribution in [0.4, 0.5) is 0 Å². The van der Waals surface area contributed by atoms with Gasteiger partial charge in [0, 0.05) is 17.6 Å². The first-order valence-corrected chi connectivity index (χ1v) is 7.87. The third-order valence-corrected chi connectivity index (χ3v) is 4.93. The van der Waals surface area contributed by atoms with Crippen LogP contribution < -0.4 is 4.80 Å². The number of aryl methyl sites for hydroxylation is 1. The molecule has 0 saturated heterocycles. The average Bonchev–Trinajstić information content (AvgIpc) is 2.70. The summed E-state index contributed by atoms with van der Waals surface area (Å²) < 4.78 is 30.0. The third-order valence-electron chi connectivity index (χ3n) is 2.55. The van der Waals surface area contributed by atoms with Gasteiger partial charge < -0.3 is 4.57 Å². The molecule has 4 nitrogen and oxygen atoms in total. The van der Waals surface area contributed by atoms with Gasteiger partial charge in [-0.15, -0.1) is 15.7 Å². The zero-order valence-corrected chi connectivity index (χ0v) is 11.8. The topological polar surface area (TPSA) is 51.4 Å². The molecule has 6 heteroatoms. The van der Waals surface area contributed by atoms with Gasteiger partial charge in [-0.05, 0) is 26.0 Å². The summed E-state index contributed by atoms with van der Waals surface area (Å²) in [6.07, 6.45) is 0. The molecule has 0 saturated carbocycles. The van der Waals surface area contributed by atoms with E-state index in [2.05, 4.69) is 4.40 Å². The second kappa shape index (κ2) is 5.07. The van der Waals surface area contributed by atoms with Crippen LogP contribution in [0.2, 0.25) is 0 Å². The molecule has 0 fully saturated rings. The van der Waals surface area contributed by atoms with Crippen LogP contribution in [-0.4, -0.2) is 13.0 Å². The van der Waals surface area contributed by atoms with Crippen LogP contribution in [0.1, 0.15) is 12.6 Å². The summed E-state index contributed by atoms with van der Waals surface area (Å²) in [6, 6.07) is 8.26. The zero-order chi connectivity index (χ0) is 13.2. The monoisotopic (exact) mass is 282 g/mol. The molecule has 18 heavy (non-hydrogen) atoms. The van der Waals surface area contributed by atoms with Gasteiger partial charge in [-0.1, -0.05) is 18.2 Å². The molecule has 2 rings (SSSR count). The molecule has 0 N–H and O–H groups in total. The van der Waals surface area contributed by atoms with Crippen molar-refractivity contribution >= 4 is 21.4 Å². The Hall–Kier alpha value is -1.40. The molecule has 0 spiro atoms. The lowest BCUT2D eigenvalue weighted by Crippen LogP contribution is -2.17.